The van der Waals surface area contributed by atoms with Gasteiger partial charge < -0.3 is 15.7 Å². The van der Waals surface area contributed by atoms with Crippen molar-refractivity contribution in [3.05, 3.63) is 52.0 Å². The molecule has 3 N–H and O–H groups in total. The van der Waals surface area contributed by atoms with E-state index >= 15 is 0 Å². The maximum atomic E-state index is 12.1. The molecule has 1 atom stereocenters. The molecule has 0 saturated heterocycles. The molecule has 0 fully saturated rings. The highest BCUT2D eigenvalue weighted by Gasteiger charge is 2.14. The van der Waals surface area contributed by atoms with E-state index in [4.69, 9.17) is 5.11 Å². The zero-order valence-corrected chi connectivity index (χ0v) is 15.0. The number of carboxylic acid groups (broad SMARTS) is 1. The molecule has 0 saturated carbocycles. The van der Waals surface area contributed by atoms with E-state index in [1.54, 1.807) is 16.8 Å². The van der Waals surface area contributed by atoms with Crippen molar-refractivity contribution in [1.29, 1.82) is 0 Å². The summed E-state index contributed by atoms with van der Waals surface area (Å²) in [5.41, 5.74) is 3.86. The van der Waals surface area contributed by atoms with Crippen LogP contribution >= 0.6 is 11.3 Å². The second-order valence-electron chi connectivity index (χ2n) is 5.83. The number of amides is 2. The fraction of sp³-hybridized carbons (Fsp3) is 0.389. The molecule has 0 bridgehead atoms. The van der Waals surface area contributed by atoms with Crippen molar-refractivity contribution in [2.45, 2.75) is 38.6 Å². The van der Waals surface area contributed by atoms with Crippen LogP contribution in [0.2, 0.25) is 0 Å². The molecule has 7 heteroatoms. The van der Waals surface area contributed by atoms with Crippen molar-refractivity contribution in [3.8, 4) is 0 Å². The Hall–Kier alpha value is -2.41. The third kappa shape index (κ3) is 6.93. The third-order valence-corrected chi connectivity index (χ3v) is 4.84. The number of nitrogens with one attached hydrogen (secondary N) is 2. The van der Waals surface area contributed by atoms with E-state index in [0.717, 1.165) is 22.6 Å². The molecule has 2 rings (SSSR count). The lowest BCUT2D eigenvalue weighted by atomic mass is 10.0. The Morgan fingerprint density at radius 1 is 1.28 bits per heavy atom. The van der Waals surface area contributed by atoms with Crippen molar-refractivity contribution < 1.29 is 14.7 Å². The number of carbonyl (C=O) groups is 2. The third-order valence-electron chi connectivity index (χ3n) is 3.85. The average Bonchev–Trinajstić information content (AvgIpc) is 2.99. The number of carbonyl (C=O) groups excluding carboxylic acids is 1. The average molecular weight is 361 g/mol. The van der Waals surface area contributed by atoms with Crippen LogP contribution in [-0.2, 0) is 17.6 Å². The number of aromatic nitrogens is 1. The van der Waals surface area contributed by atoms with Gasteiger partial charge in [0.15, 0.2) is 0 Å². The molecule has 1 heterocycles. The summed E-state index contributed by atoms with van der Waals surface area (Å²) in [4.78, 5) is 28.3. The highest BCUT2D eigenvalue weighted by molar-refractivity contribution is 7.09. The van der Waals surface area contributed by atoms with E-state index in [0.29, 0.717) is 19.4 Å². The van der Waals surface area contributed by atoms with Gasteiger partial charge in [0, 0.05) is 30.3 Å². The standard InChI is InChI=1S/C18H23N3O3S/c1-13-16(25-12-20-13)9-10-19-18(24)21-15(7-8-17(22)23)11-14-5-3-2-4-6-14/h2-6,12,15H,7-11H2,1H3,(H,22,23)(H2,19,21,24). The molecule has 0 radical (unpaired) electrons. The lowest BCUT2D eigenvalue weighted by molar-refractivity contribution is -0.137. The maximum absolute atomic E-state index is 12.1. The Labute approximate surface area is 151 Å². The molecule has 2 amide bonds. The zero-order valence-electron chi connectivity index (χ0n) is 14.2. The van der Waals surface area contributed by atoms with Crippen molar-refractivity contribution in [3.63, 3.8) is 0 Å². The normalized spacial score (nSPS) is 11.7. The first kappa shape index (κ1) is 18.9. The van der Waals surface area contributed by atoms with E-state index in [1.165, 1.54) is 0 Å². The maximum Gasteiger partial charge on any atom is 0.315 e. The Kier molecular flexibility index (Phi) is 7.40. The minimum Gasteiger partial charge on any atom is -0.481 e. The number of hydrogen-bond acceptors (Lipinski definition) is 4. The van der Waals surface area contributed by atoms with Gasteiger partial charge in [-0.25, -0.2) is 9.78 Å². The molecule has 0 spiro atoms. The van der Waals surface area contributed by atoms with Crippen molar-refractivity contribution in [1.82, 2.24) is 15.6 Å². The molecule has 0 aliphatic carbocycles. The number of nitrogens with zero attached hydrogens (tertiary/aromatic N) is 1. The fourth-order valence-corrected chi connectivity index (χ4v) is 3.29. The highest BCUT2D eigenvalue weighted by atomic mass is 32.1. The smallest absolute Gasteiger partial charge is 0.315 e. The van der Waals surface area contributed by atoms with Crippen LogP contribution in [0.1, 0.15) is 29.0 Å². The molecule has 2 aromatic rings. The summed E-state index contributed by atoms with van der Waals surface area (Å²) < 4.78 is 0. The van der Waals surface area contributed by atoms with E-state index in [9.17, 15) is 9.59 Å². The molecule has 0 aliphatic heterocycles. The predicted octanol–water partition coefficient (Wildman–Crippen LogP) is 2.77. The Bertz CT molecular complexity index is 688. The minimum atomic E-state index is -0.860. The number of aliphatic carboxylic acids is 1. The molecular formula is C18H23N3O3S. The van der Waals surface area contributed by atoms with Crippen LogP contribution in [0.3, 0.4) is 0 Å². The number of hydrogen-bond donors (Lipinski definition) is 3. The first-order chi connectivity index (χ1) is 12.0. The summed E-state index contributed by atoms with van der Waals surface area (Å²) in [6.45, 7) is 2.47. The number of carboxylic acids is 1. The summed E-state index contributed by atoms with van der Waals surface area (Å²) >= 11 is 1.58. The van der Waals surface area contributed by atoms with Gasteiger partial charge in [-0.2, -0.15) is 0 Å². The first-order valence-electron chi connectivity index (χ1n) is 8.23. The number of urea groups is 1. The predicted molar refractivity (Wildman–Crippen MR) is 97.9 cm³/mol. The number of benzene rings is 1. The van der Waals surface area contributed by atoms with E-state index < -0.39 is 5.97 Å². The number of rotatable bonds is 9. The van der Waals surface area contributed by atoms with Gasteiger partial charge in [-0.3, -0.25) is 4.79 Å². The van der Waals surface area contributed by atoms with Crippen molar-refractivity contribution in [2.75, 3.05) is 6.54 Å². The molecule has 1 unspecified atom stereocenters. The summed E-state index contributed by atoms with van der Waals surface area (Å²) in [7, 11) is 0. The topological polar surface area (TPSA) is 91.3 Å². The fourth-order valence-electron chi connectivity index (χ4n) is 2.51. The molecule has 1 aromatic heterocycles. The minimum absolute atomic E-state index is 0.0256. The van der Waals surface area contributed by atoms with Gasteiger partial charge in [-0.15, -0.1) is 11.3 Å². The highest BCUT2D eigenvalue weighted by Crippen LogP contribution is 2.12. The number of aryl methyl sites for hydroxylation is 1. The monoisotopic (exact) mass is 361 g/mol. The quantitative estimate of drug-likeness (QED) is 0.640. The second-order valence-corrected chi connectivity index (χ2v) is 6.77. The van der Waals surface area contributed by atoms with E-state index in [2.05, 4.69) is 15.6 Å². The molecule has 6 nitrogen and oxygen atoms in total. The van der Waals surface area contributed by atoms with Crippen LogP contribution in [-0.4, -0.2) is 34.7 Å². The first-order valence-corrected chi connectivity index (χ1v) is 9.11. The van der Waals surface area contributed by atoms with E-state index in [1.807, 2.05) is 37.3 Å². The number of thiazole rings is 1. The molecule has 1 aromatic carbocycles. The van der Waals surface area contributed by atoms with Crippen molar-refractivity contribution >= 4 is 23.3 Å². The molecular weight excluding hydrogens is 338 g/mol. The lowest BCUT2D eigenvalue weighted by Gasteiger charge is -2.18. The van der Waals surface area contributed by atoms with Crippen LogP contribution in [0, 0.1) is 6.92 Å². The van der Waals surface area contributed by atoms with Gasteiger partial charge in [0.1, 0.15) is 0 Å². The van der Waals surface area contributed by atoms with Crippen molar-refractivity contribution in [2.24, 2.45) is 0 Å². The Morgan fingerprint density at radius 2 is 2.04 bits per heavy atom. The van der Waals surface area contributed by atoms with Crippen LogP contribution in [0.25, 0.3) is 0 Å². The Morgan fingerprint density at radius 3 is 2.68 bits per heavy atom. The summed E-state index contributed by atoms with van der Waals surface area (Å²) in [6.07, 6.45) is 1.77. The lowest BCUT2D eigenvalue weighted by Crippen LogP contribution is -2.44. The van der Waals surface area contributed by atoms with Crippen LogP contribution < -0.4 is 10.6 Å². The van der Waals surface area contributed by atoms with Crippen LogP contribution in [0.5, 0.6) is 0 Å². The van der Waals surface area contributed by atoms with E-state index in [-0.39, 0.29) is 18.5 Å². The molecule has 25 heavy (non-hydrogen) atoms. The summed E-state index contributed by atoms with van der Waals surface area (Å²) in [6, 6.07) is 9.25. The van der Waals surface area contributed by atoms with Crippen LogP contribution in [0.15, 0.2) is 35.8 Å². The SMILES string of the molecule is Cc1ncsc1CCNC(=O)NC(CCC(=O)O)Cc1ccccc1. The summed E-state index contributed by atoms with van der Waals surface area (Å²) in [5, 5.41) is 14.6. The van der Waals surface area contributed by atoms with Gasteiger partial charge in [0.25, 0.3) is 0 Å². The van der Waals surface area contributed by atoms with Gasteiger partial charge >= 0.3 is 12.0 Å². The molecule has 0 aliphatic rings. The zero-order chi connectivity index (χ0) is 18.1. The van der Waals surface area contributed by atoms with Gasteiger partial charge in [0.2, 0.25) is 0 Å². The van der Waals surface area contributed by atoms with Gasteiger partial charge in [0.05, 0.1) is 11.2 Å². The molecule has 134 valence electrons. The second kappa shape index (κ2) is 9.78. The Balaban J connectivity index is 1.82. The summed E-state index contributed by atoms with van der Waals surface area (Å²) in [5.74, 6) is -0.860. The van der Waals surface area contributed by atoms with Crippen LogP contribution in [0.4, 0.5) is 4.79 Å². The largest absolute Gasteiger partial charge is 0.481 e. The van der Waals surface area contributed by atoms with Gasteiger partial charge in [-0.1, -0.05) is 30.3 Å². The van der Waals surface area contributed by atoms with Gasteiger partial charge in [-0.05, 0) is 25.3 Å².